The molecule has 0 aliphatic carbocycles. The Labute approximate surface area is 94.2 Å². The third-order valence-corrected chi connectivity index (χ3v) is 2.18. The Hall–Kier alpha value is -0.343. The van der Waals surface area contributed by atoms with Crippen molar-refractivity contribution in [3.8, 4) is 0 Å². The van der Waals surface area contributed by atoms with Gasteiger partial charge in [-0.25, -0.2) is 9.78 Å². The zero-order chi connectivity index (χ0) is 9.14. The van der Waals surface area contributed by atoms with E-state index in [4.69, 9.17) is 5.11 Å². The molecule has 0 amide bonds. The summed E-state index contributed by atoms with van der Waals surface area (Å²) >= 11 is 1.22. The van der Waals surface area contributed by atoms with Gasteiger partial charge in [-0.05, 0) is 14.1 Å². The minimum absolute atomic E-state index is 0. The van der Waals surface area contributed by atoms with Crippen molar-refractivity contribution in [1.29, 1.82) is 0 Å². The number of rotatable bonds is 3. The van der Waals surface area contributed by atoms with Gasteiger partial charge in [0.15, 0.2) is 0 Å². The molecule has 4 nitrogen and oxygen atoms in total. The van der Waals surface area contributed by atoms with E-state index >= 15 is 0 Å². The van der Waals surface area contributed by atoms with Crippen LogP contribution in [0.4, 0.5) is 0 Å². The summed E-state index contributed by atoms with van der Waals surface area (Å²) in [7, 11) is 3.86. The molecular weight excluding hydrogens is 183 g/mol. The van der Waals surface area contributed by atoms with Gasteiger partial charge in [-0.15, -0.1) is 11.3 Å². The molecule has 0 aliphatic rings. The van der Waals surface area contributed by atoms with Crippen molar-refractivity contribution in [2.24, 2.45) is 0 Å². The molecule has 1 aromatic heterocycles. The molecule has 0 unspecified atom stereocenters. The van der Waals surface area contributed by atoms with Gasteiger partial charge in [0, 0.05) is 17.6 Å². The Bertz CT molecular complexity index is 293. The normalized spacial score (nSPS) is 9.77. The van der Waals surface area contributed by atoms with E-state index in [1.807, 2.05) is 19.0 Å². The number of carboxylic acids is 1. The van der Waals surface area contributed by atoms with Crippen molar-refractivity contribution >= 4 is 17.3 Å². The SMILES string of the molecule is CN(C)Cc1cnc(C(=O)O)s1.[H-].[Li+]. The minimum Gasteiger partial charge on any atom is -1.00 e. The smallest absolute Gasteiger partial charge is 1.00 e. The number of aromatic carboxylic acids is 1. The zero-order valence-electron chi connectivity index (χ0n) is 8.94. The van der Waals surface area contributed by atoms with Gasteiger partial charge in [0.25, 0.3) is 0 Å². The average molecular weight is 194 g/mol. The Morgan fingerprint density at radius 2 is 2.38 bits per heavy atom. The minimum atomic E-state index is -0.954. The molecule has 1 aromatic rings. The molecule has 1 N–H and O–H groups in total. The summed E-state index contributed by atoms with van der Waals surface area (Å²) in [5.74, 6) is -0.954. The third kappa shape index (κ3) is 3.92. The van der Waals surface area contributed by atoms with Crippen molar-refractivity contribution in [2.75, 3.05) is 14.1 Å². The monoisotopic (exact) mass is 194 g/mol. The van der Waals surface area contributed by atoms with Crippen LogP contribution in [0.15, 0.2) is 6.20 Å². The quantitative estimate of drug-likeness (QED) is 0.566. The molecule has 6 heteroatoms. The second kappa shape index (κ2) is 5.40. The number of carbonyl (C=O) groups is 1. The molecule has 0 aliphatic heterocycles. The standard InChI is InChI=1S/C7H10N2O2S.Li.H/c1-9(2)4-5-3-8-6(12-5)7(10)11;;/h3H,4H2,1-2H3,(H,10,11);;/q;+1;-1. The van der Waals surface area contributed by atoms with Gasteiger partial charge in [-0.2, -0.15) is 0 Å². The van der Waals surface area contributed by atoms with Crippen molar-refractivity contribution < 1.29 is 30.2 Å². The second-order valence-corrected chi connectivity index (χ2v) is 3.79. The van der Waals surface area contributed by atoms with Gasteiger partial charge in [-0.3, -0.25) is 0 Å². The number of thiazole rings is 1. The summed E-state index contributed by atoms with van der Waals surface area (Å²) in [6.45, 7) is 0.741. The first-order chi connectivity index (χ1) is 5.59. The largest absolute Gasteiger partial charge is 1.00 e. The maximum Gasteiger partial charge on any atom is 1.00 e. The molecule has 0 atom stereocenters. The molecule has 0 aromatic carbocycles. The maximum atomic E-state index is 10.4. The van der Waals surface area contributed by atoms with E-state index < -0.39 is 5.97 Å². The predicted molar refractivity (Wildman–Crippen MR) is 47.6 cm³/mol. The molecule has 1 heterocycles. The molecule has 0 spiro atoms. The van der Waals surface area contributed by atoms with Crippen molar-refractivity contribution in [3.63, 3.8) is 0 Å². The van der Waals surface area contributed by atoms with E-state index in [2.05, 4.69) is 4.98 Å². The van der Waals surface area contributed by atoms with Crippen LogP contribution >= 0.6 is 11.3 Å². The first kappa shape index (κ1) is 12.7. The van der Waals surface area contributed by atoms with Gasteiger partial charge in [0.2, 0.25) is 5.01 Å². The van der Waals surface area contributed by atoms with E-state index in [0.717, 1.165) is 11.4 Å². The zero-order valence-corrected chi connectivity index (χ0v) is 8.76. The molecule has 68 valence electrons. The third-order valence-electron chi connectivity index (χ3n) is 1.21. The first-order valence-corrected chi connectivity index (χ1v) is 4.24. The van der Waals surface area contributed by atoms with Crippen molar-refractivity contribution in [2.45, 2.75) is 6.54 Å². The fourth-order valence-corrected chi connectivity index (χ4v) is 1.66. The van der Waals surface area contributed by atoms with E-state index in [1.54, 1.807) is 6.20 Å². The van der Waals surface area contributed by atoms with Crippen LogP contribution in [0.3, 0.4) is 0 Å². The fourth-order valence-electron chi connectivity index (χ4n) is 0.791. The van der Waals surface area contributed by atoms with Gasteiger partial charge < -0.3 is 11.4 Å². The number of hydrogen-bond donors (Lipinski definition) is 1. The second-order valence-electron chi connectivity index (χ2n) is 2.67. The first-order valence-electron chi connectivity index (χ1n) is 3.42. The summed E-state index contributed by atoms with van der Waals surface area (Å²) in [5, 5.41) is 8.73. The molecule has 0 bridgehead atoms. The Balaban J connectivity index is 0. The molecule has 0 fully saturated rings. The number of hydrogen-bond acceptors (Lipinski definition) is 4. The van der Waals surface area contributed by atoms with Gasteiger partial charge in [-0.1, -0.05) is 0 Å². The van der Waals surface area contributed by atoms with Gasteiger partial charge >= 0.3 is 24.8 Å². The summed E-state index contributed by atoms with van der Waals surface area (Å²) in [6, 6.07) is 0. The number of carboxylic acid groups (broad SMARTS) is 1. The van der Waals surface area contributed by atoms with Crippen LogP contribution in [0.1, 0.15) is 16.1 Å². The van der Waals surface area contributed by atoms with Crippen LogP contribution in [0.5, 0.6) is 0 Å². The number of aromatic nitrogens is 1. The van der Waals surface area contributed by atoms with Crippen LogP contribution in [0.25, 0.3) is 0 Å². The van der Waals surface area contributed by atoms with Gasteiger partial charge in [0.1, 0.15) is 0 Å². The number of nitrogens with zero attached hydrogens (tertiary/aromatic N) is 2. The Kier molecular flexibility index (Phi) is 5.26. The van der Waals surface area contributed by atoms with Gasteiger partial charge in [0.05, 0.1) is 0 Å². The summed E-state index contributed by atoms with van der Waals surface area (Å²) in [4.78, 5) is 17.1. The van der Waals surface area contributed by atoms with Crippen LogP contribution in [-0.2, 0) is 6.54 Å². The van der Waals surface area contributed by atoms with Crippen molar-refractivity contribution in [1.82, 2.24) is 9.88 Å². The topological polar surface area (TPSA) is 53.4 Å². The Morgan fingerprint density at radius 1 is 1.77 bits per heavy atom. The van der Waals surface area contributed by atoms with Crippen LogP contribution in [0, 0.1) is 0 Å². The molecule has 13 heavy (non-hydrogen) atoms. The maximum absolute atomic E-state index is 10.4. The molecule has 1 rings (SSSR count). The van der Waals surface area contributed by atoms with Crippen LogP contribution in [0.2, 0.25) is 0 Å². The summed E-state index contributed by atoms with van der Waals surface area (Å²) < 4.78 is 0. The molecule has 0 radical (unpaired) electrons. The van der Waals surface area contributed by atoms with Crippen LogP contribution in [-0.4, -0.2) is 35.1 Å². The Morgan fingerprint density at radius 3 is 2.77 bits per heavy atom. The van der Waals surface area contributed by atoms with Crippen molar-refractivity contribution in [3.05, 3.63) is 16.1 Å². The van der Waals surface area contributed by atoms with E-state index in [9.17, 15) is 4.79 Å². The molecule has 0 saturated heterocycles. The fraction of sp³-hybridized carbons (Fsp3) is 0.429. The summed E-state index contributed by atoms with van der Waals surface area (Å²) in [6.07, 6.45) is 1.61. The summed E-state index contributed by atoms with van der Waals surface area (Å²) in [5.41, 5.74) is 0. The molecule has 0 saturated carbocycles. The van der Waals surface area contributed by atoms with E-state index in [-0.39, 0.29) is 25.3 Å². The average Bonchev–Trinajstić information content (AvgIpc) is 2.34. The predicted octanol–water partition coefficient (Wildman–Crippen LogP) is -1.98. The van der Waals surface area contributed by atoms with E-state index in [1.165, 1.54) is 11.3 Å². The molecular formula is C7H11LiN2O2S. The van der Waals surface area contributed by atoms with E-state index in [0.29, 0.717) is 0 Å². The van der Waals surface area contributed by atoms with Crippen LogP contribution < -0.4 is 18.9 Å².